The van der Waals surface area contributed by atoms with E-state index in [9.17, 15) is 0 Å². The molecule has 1 aromatic carbocycles. The monoisotopic (exact) mass is 291 g/mol. The summed E-state index contributed by atoms with van der Waals surface area (Å²) < 4.78 is 12.2. The van der Waals surface area contributed by atoms with Crippen LogP contribution in [-0.4, -0.2) is 31.4 Å². The highest BCUT2D eigenvalue weighted by Crippen LogP contribution is 2.33. The number of hydrogen-bond donors (Lipinski definition) is 1. The third-order valence-electron chi connectivity index (χ3n) is 4.41. The average molecular weight is 291 g/mol. The highest BCUT2D eigenvalue weighted by Gasteiger charge is 2.43. The summed E-state index contributed by atoms with van der Waals surface area (Å²) in [4.78, 5) is 0. The molecule has 3 heteroatoms. The number of ether oxygens (including phenoxy) is 2. The van der Waals surface area contributed by atoms with Crippen LogP contribution in [0.15, 0.2) is 12.1 Å². The van der Waals surface area contributed by atoms with E-state index in [1.54, 1.807) is 0 Å². The molecule has 0 heterocycles. The van der Waals surface area contributed by atoms with Gasteiger partial charge in [-0.2, -0.15) is 0 Å². The summed E-state index contributed by atoms with van der Waals surface area (Å²) in [5, 5.41) is 3.56. The summed E-state index contributed by atoms with van der Waals surface area (Å²) in [7, 11) is 0. The maximum atomic E-state index is 6.30. The van der Waals surface area contributed by atoms with Gasteiger partial charge in [-0.05, 0) is 57.4 Å². The van der Waals surface area contributed by atoms with Crippen molar-refractivity contribution >= 4 is 0 Å². The Balaban J connectivity index is 2.04. The molecule has 1 aliphatic rings. The number of benzene rings is 1. The van der Waals surface area contributed by atoms with Gasteiger partial charge in [0.05, 0.1) is 0 Å². The molecule has 1 saturated carbocycles. The molecule has 1 N–H and O–H groups in total. The predicted molar refractivity (Wildman–Crippen MR) is 87.2 cm³/mol. The lowest BCUT2D eigenvalue weighted by Gasteiger charge is -2.44. The van der Waals surface area contributed by atoms with Crippen molar-refractivity contribution in [1.29, 1.82) is 0 Å². The molecular weight excluding hydrogens is 262 g/mol. The van der Waals surface area contributed by atoms with Gasteiger partial charge < -0.3 is 14.8 Å². The maximum Gasteiger partial charge on any atom is 0.128 e. The first kappa shape index (κ1) is 16.3. The summed E-state index contributed by atoms with van der Waals surface area (Å²) in [5.41, 5.74) is 3.73. The third-order valence-corrected chi connectivity index (χ3v) is 4.41. The Labute approximate surface area is 129 Å². The average Bonchev–Trinajstić information content (AvgIpc) is 2.46. The molecule has 0 aliphatic heterocycles. The van der Waals surface area contributed by atoms with Crippen LogP contribution in [0.1, 0.15) is 43.4 Å². The van der Waals surface area contributed by atoms with Crippen molar-refractivity contribution in [1.82, 2.24) is 5.32 Å². The minimum Gasteiger partial charge on any atom is -0.487 e. The van der Waals surface area contributed by atoms with Gasteiger partial charge in [0.25, 0.3) is 0 Å². The first-order chi connectivity index (χ1) is 10.1. The minimum absolute atomic E-state index is 0.165. The van der Waals surface area contributed by atoms with Gasteiger partial charge >= 0.3 is 0 Å². The van der Waals surface area contributed by atoms with E-state index < -0.39 is 0 Å². The molecule has 118 valence electrons. The van der Waals surface area contributed by atoms with Crippen molar-refractivity contribution in [2.75, 3.05) is 13.2 Å². The van der Waals surface area contributed by atoms with Gasteiger partial charge in [-0.1, -0.05) is 19.1 Å². The summed E-state index contributed by atoms with van der Waals surface area (Å²) >= 11 is 0. The van der Waals surface area contributed by atoms with Crippen LogP contribution in [0, 0.1) is 20.8 Å². The van der Waals surface area contributed by atoms with Gasteiger partial charge in [-0.15, -0.1) is 0 Å². The molecule has 3 nitrogen and oxygen atoms in total. The molecule has 1 fully saturated rings. The van der Waals surface area contributed by atoms with E-state index in [4.69, 9.17) is 9.47 Å². The predicted octanol–water partition coefficient (Wildman–Crippen LogP) is 3.54. The van der Waals surface area contributed by atoms with Gasteiger partial charge in [0.2, 0.25) is 0 Å². The van der Waals surface area contributed by atoms with Crippen LogP contribution in [0.25, 0.3) is 0 Å². The quantitative estimate of drug-likeness (QED) is 0.833. The lowest BCUT2D eigenvalue weighted by molar-refractivity contribution is -0.105. The number of aryl methyl sites for hydroxylation is 2. The van der Waals surface area contributed by atoms with Crippen LogP contribution in [0.3, 0.4) is 0 Å². The summed E-state index contributed by atoms with van der Waals surface area (Å²) in [5.74, 6) is 1.04. The Morgan fingerprint density at radius 3 is 2.52 bits per heavy atom. The van der Waals surface area contributed by atoms with Crippen LogP contribution >= 0.6 is 0 Å². The fourth-order valence-corrected chi connectivity index (χ4v) is 2.90. The van der Waals surface area contributed by atoms with E-state index in [2.05, 4.69) is 52.1 Å². The second-order valence-electron chi connectivity index (χ2n) is 6.03. The molecule has 0 spiro atoms. The Hall–Kier alpha value is -1.06. The molecule has 0 radical (unpaired) electrons. The Bertz CT molecular complexity index is 473. The molecule has 0 saturated heterocycles. The SMILES string of the molecule is CCCNC1CC(Oc2c(C)ccc(C)c2C)C1OCC. The third kappa shape index (κ3) is 3.58. The second-order valence-corrected chi connectivity index (χ2v) is 6.03. The van der Waals surface area contributed by atoms with E-state index in [0.717, 1.165) is 31.7 Å². The first-order valence-corrected chi connectivity index (χ1v) is 8.16. The topological polar surface area (TPSA) is 30.5 Å². The fourth-order valence-electron chi connectivity index (χ4n) is 2.90. The molecule has 1 aromatic rings. The molecule has 21 heavy (non-hydrogen) atoms. The van der Waals surface area contributed by atoms with Gasteiger partial charge in [-0.3, -0.25) is 0 Å². The largest absolute Gasteiger partial charge is 0.487 e. The fraction of sp³-hybridized carbons (Fsp3) is 0.667. The highest BCUT2D eigenvalue weighted by molar-refractivity contribution is 5.44. The van der Waals surface area contributed by atoms with Crippen molar-refractivity contribution in [3.05, 3.63) is 28.8 Å². The van der Waals surface area contributed by atoms with Crippen molar-refractivity contribution in [3.63, 3.8) is 0 Å². The normalized spacial score (nSPS) is 24.7. The molecule has 0 amide bonds. The smallest absolute Gasteiger partial charge is 0.128 e. The van der Waals surface area contributed by atoms with Crippen LogP contribution in [0.4, 0.5) is 0 Å². The van der Waals surface area contributed by atoms with Crippen LogP contribution in [0.5, 0.6) is 5.75 Å². The Morgan fingerprint density at radius 2 is 1.86 bits per heavy atom. The standard InChI is InChI=1S/C18H29NO2/c1-6-10-19-15-11-16(18(15)20-7-2)21-17-13(4)9-8-12(3)14(17)5/h8-9,15-16,18-19H,6-7,10-11H2,1-5H3. The Kier molecular flexibility index (Phi) is 5.65. The van der Waals surface area contributed by atoms with Crippen LogP contribution in [-0.2, 0) is 4.74 Å². The van der Waals surface area contributed by atoms with Crippen molar-refractivity contribution < 1.29 is 9.47 Å². The highest BCUT2D eigenvalue weighted by atomic mass is 16.5. The van der Waals surface area contributed by atoms with Gasteiger partial charge in [0.1, 0.15) is 18.0 Å². The lowest BCUT2D eigenvalue weighted by atomic mass is 9.84. The molecule has 0 aromatic heterocycles. The molecule has 1 aliphatic carbocycles. The number of nitrogens with one attached hydrogen (secondary N) is 1. The van der Waals surface area contributed by atoms with Crippen LogP contribution < -0.4 is 10.1 Å². The van der Waals surface area contributed by atoms with Gasteiger partial charge in [0.15, 0.2) is 0 Å². The molecule has 2 rings (SSSR count). The van der Waals surface area contributed by atoms with E-state index in [1.165, 1.54) is 16.7 Å². The van der Waals surface area contributed by atoms with E-state index in [1.807, 2.05) is 0 Å². The zero-order valence-corrected chi connectivity index (χ0v) is 14.0. The summed E-state index contributed by atoms with van der Waals surface area (Å²) in [6.45, 7) is 12.4. The molecule has 3 atom stereocenters. The second kappa shape index (κ2) is 7.28. The van der Waals surface area contributed by atoms with Gasteiger partial charge in [-0.25, -0.2) is 0 Å². The summed E-state index contributed by atoms with van der Waals surface area (Å²) in [6, 6.07) is 4.73. The minimum atomic E-state index is 0.165. The maximum absolute atomic E-state index is 6.30. The Morgan fingerprint density at radius 1 is 1.14 bits per heavy atom. The molecular formula is C18H29NO2. The zero-order valence-electron chi connectivity index (χ0n) is 14.0. The number of rotatable bonds is 7. The molecule has 0 bridgehead atoms. The van der Waals surface area contributed by atoms with Gasteiger partial charge in [0, 0.05) is 19.1 Å². The number of hydrogen-bond acceptors (Lipinski definition) is 3. The summed E-state index contributed by atoms with van der Waals surface area (Å²) in [6.07, 6.45) is 2.51. The van der Waals surface area contributed by atoms with Crippen molar-refractivity contribution in [2.45, 2.75) is 65.7 Å². The zero-order chi connectivity index (χ0) is 15.4. The van der Waals surface area contributed by atoms with Crippen molar-refractivity contribution in [2.24, 2.45) is 0 Å². The van der Waals surface area contributed by atoms with Crippen LogP contribution in [0.2, 0.25) is 0 Å². The lowest BCUT2D eigenvalue weighted by Crippen LogP contribution is -2.61. The van der Waals surface area contributed by atoms with Crippen molar-refractivity contribution in [3.8, 4) is 5.75 Å². The first-order valence-electron chi connectivity index (χ1n) is 8.16. The van der Waals surface area contributed by atoms with E-state index in [-0.39, 0.29) is 12.2 Å². The molecule has 3 unspecified atom stereocenters. The van der Waals surface area contributed by atoms with E-state index >= 15 is 0 Å². The van der Waals surface area contributed by atoms with E-state index in [0.29, 0.717) is 6.04 Å².